The molecule has 1 atom stereocenters. The Morgan fingerprint density at radius 1 is 1.36 bits per heavy atom. The Kier molecular flexibility index (Phi) is 4.23. The van der Waals surface area contributed by atoms with E-state index in [0.29, 0.717) is 11.3 Å². The zero-order chi connectivity index (χ0) is 16.5. The molecule has 0 fully saturated rings. The number of anilines is 1. The van der Waals surface area contributed by atoms with E-state index in [2.05, 4.69) is 31.2 Å². The van der Waals surface area contributed by atoms with Crippen LogP contribution in [0.25, 0.3) is 0 Å². The van der Waals surface area contributed by atoms with Crippen molar-refractivity contribution >= 4 is 5.69 Å². The molecule has 0 aliphatic carbocycles. The molecule has 0 aliphatic heterocycles. The van der Waals surface area contributed by atoms with Crippen molar-refractivity contribution < 1.29 is 4.39 Å². The smallest absolute Gasteiger partial charge is 0.147 e. The highest BCUT2D eigenvalue weighted by Gasteiger charge is 2.19. The monoisotopic (exact) mass is 300 g/mol. The average molecular weight is 300 g/mol. The normalized spacial score (nSPS) is 12.8. The summed E-state index contributed by atoms with van der Waals surface area (Å²) >= 11 is 0. The number of halogens is 1. The van der Waals surface area contributed by atoms with E-state index in [1.807, 2.05) is 30.8 Å². The van der Waals surface area contributed by atoms with Crippen molar-refractivity contribution in [2.24, 2.45) is 0 Å². The molecular formula is C17H21FN4. The van der Waals surface area contributed by atoms with Crippen LogP contribution < -0.4 is 5.32 Å². The van der Waals surface area contributed by atoms with Gasteiger partial charge in [-0.2, -0.15) is 10.4 Å². The molecule has 0 bridgehead atoms. The van der Waals surface area contributed by atoms with Gasteiger partial charge in [-0.05, 0) is 52.8 Å². The third-order valence-electron chi connectivity index (χ3n) is 3.56. The summed E-state index contributed by atoms with van der Waals surface area (Å²) < 4.78 is 15.9. The van der Waals surface area contributed by atoms with Gasteiger partial charge in [0.1, 0.15) is 5.82 Å². The van der Waals surface area contributed by atoms with E-state index >= 15 is 0 Å². The molecule has 1 N–H and O–H groups in total. The highest BCUT2D eigenvalue weighted by Crippen LogP contribution is 2.26. The highest BCUT2D eigenvalue weighted by atomic mass is 19.1. The van der Waals surface area contributed by atoms with Gasteiger partial charge in [0, 0.05) is 11.8 Å². The van der Waals surface area contributed by atoms with Crippen LogP contribution >= 0.6 is 0 Å². The first-order chi connectivity index (χ1) is 10.2. The van der Waals surface area contributed by atoms with E-state index < -0.39 is 5.82 Å². The first kappa shape index (κ1) is 16.0. The summed E-state index contributed by atoms with van der Waals surface area (Å²) in [6.45, 7) is 10.2. The quantitative estimate of drug-likeness (QED) is 0.927. The molecule has 5 heteroatoms. The van der Waals surface area contributed by atoms with Crippen LogP contribution in [0.5, 0.6) is 0 Å². The summed E-state index contributed by atoms with van der Waals surface area (Å²) in [5.41, 5.74) is 2.55. The zero-order valence-corrected chi connectivity index (χ0v) is 13.6. The molecule has 0 radical (unpaired) electrons. The van der Waals surface area contributed by atoms with Crippen molar-refractivity contribution in [2.45, 2.75) is 46.2 Å². The summed E-state index contributed by atoms with van der Waals surface area (Å²) in [6, 6.07) is 6.27. The molecular weight excluding hydrogens is 279 g/mol. The maximum absolute atomic E-state index is 14.0. The Morgan fingerprint density at radius 2 is 2.05 bits per heavy atom. The van der Waals surface area contributed by atoms with Crippen LogP contribution in [0.3, 0.4) is 0 Å². The number of hydrogen-bond donors (Lipinski definition) is 1. The molecule has 0 amide bonds. The molecule has 116 valence electrons. The fourth-order valence-electron chi connectivity index (χ4n) is 2.25. The molecule has 0 saturated heterocycles. The lowest BCUT2D eigenvalue weighted by atomic mass is 10.1. The molecule has 1 unspecified atom stereocenters. The minimum absolute atomic E-state index is 0.0847. The van der Waals surface area contributed by atoms with Gasteiger partial charge in [-0.3, -0.25) is 4.68 Å². The number of hydrogen-bond acceptors (Lipinski definition) is 3. The molecule has 2 rings (SSSR count). The first-order valence-electron chi connectivity index (χ1n) is 7.25. The number of nitriles is 1. The van der Waals surface area contributed by atoms with Gasteiger partial charge in [0.05, 0.1) is 34.6 Å². The third kappa shape index (κ3) is 3.28. The first-order valence-corrected chi connectivity index (χ1v) is 7.25. The van der Waals surface area contributed by atoms with Gasteiger partial charge in [-0.25, -0.2) is 4.39 Å². The van der Waals surface area contributed by atoms with Crippen molar-refractivity contribution in [3.63, 3.8) is 0 Å². The third-order valence-corrected chi connectivity index (χ3v) is 3.56. The fourth-order valence-corrected chi connectivity index (χ4v) is 2.25. The molecule has 2 aromatic rings. The summed E-state index contributed by atoms with van der Waals surface area (Å²) in [4.78, 5) is 0. The molecule has 1 aromatic heterocycles. The van der Waals surface area contributed by atoms with Crippen LogP contribution in [0.4, 0.5) is 10.1 Å². The zero-order valence-electron chi connectivity index (χ0n) is 13.6. The Balaban J connectivity index is 2.25. The lowest BCUT2D eigenvalue weighted by Crippen LogP contribution is -2.22. The van der Waals surface area contributed by atoms with Crippen molar-refractivity contribution in [1.29, 1.82) is 5.26 Å². The van der Waals surface area contributed by atoms with Gasteiger partial charge in [0.2, 0.25) is 0 Å². The van der Waals surface area contributed by atoms with Crippen LogP contribution in [0.1, 0.15) is 50.6 Å². The number of aryl methyl sites for hydroxylation is 1. The summed E-state index contributed by atoms with van der Waals surface area (Å²) in [5, 5.41) is 16.5. The van der Waals surface area contributed by atoms with E-state index in [9.17, 15) is 4.39 Å². The van der Waals surface area contributed by atoms with E-state index in [0.717, 1.165) is 11.3 Å². The average Bonchev–Trinajstić information content (AvgIpc) is 2.83. The van der Waals surface area contributed by atoms with Gasteiger partial charge in [0.15, 0.2) is 0 Å². The molecule has 4 nitrogen and oxygen atoms in total. The summed E-state index contributed by atoms with van der Waals surface area (Å²) in [7, 11) is 0. The Bertz CT molecular complexity index is 719. The second kappa shape index (κ2) is 5.80. The minimum atomic E-state index is -0.424. The predicted octanol–water partition coefficient (Wildman–Crippen LogP) is 4.13. The SMILES string of the molecule is Cc1nn(C(C)(C)C)cc1C(C)Nc1ccc(C#N)cc1F. The molecule has 0 aliphatic rings. The largest absolute Gasteiger partial charge is 0.376 e. The predicted molar refractivity (Wildman–Crippen MR) is 85.1 cm³/mol. The van der Waals surface area contributed by atoms with Gasteiger partial charge < -0.3 is 5.32 Å². The molecule has 0 saturated carbocycles. The van der Waals surface area contributed by atoms with Crippen molar-refractivity contribution in [1.82, 2.24) is 9.78 Å². The summed E-state index contributed by atoms with van der Waals surface area (Å²) in [5.74, 6) is -0.424. The minimum Gasteiger partial charge on any atom is -0.376 e. The second-order valence-electron chi connectivity index (χ2n) is 6.46. The number of aromatic nitrogens is 2. The van der Waals surface area contributed by atoms with Crippen molar-refractivity contribution in [2.75, 3.05) is 5.32 Å². The van der Waals surface area contributed by atoms with Crippen LogP contribution in [-0.4, -0.2) is 9.78 Å². The van der Waals surface area contributed by atoms with Gasteiger partial charge in [0.25, 0.3) is 0 Å². The van der Waals surface area contributed by atoms with Crippen LogP contribution in [0, 0.1) is 24.1 Å². The van der Waals surface area contributed by atoms with E-state index in [1.54, 1.807) is 12.1 Å². The van der Waals surface area contributed by atoms with Crippen LogP contribution in [-0.2, 0) is 5.54 Å². The Labute approximate surface area is 130 Å². The van der Waals surface area contributed by atoms with E-state index in [1.165, 1.54) is 6.07 Å². The maximum Gasteiger partial charge on any atom is 0.147 e. The van der Waals surface area contributed by atoms with Gasteiger partial charge in [-0.1, -0.05) is 0 Å². The van der Waals surface area contributed by atoms with Gasteiger partial charge >= 0.3 is 0 Å². The topological polar surface area (TPSA) is 53.6 Å². The van der Waals surface area contributed by atoms with Crippen molar-refractivity contribution in [3.8, 4) is 6.07 Å². The number of nitrogens with one attached hydrogen (secondary N) is 1. The number of benzene rings is 1. The molecule has 1 aromatic carbocycles. The van der Waals surface area contributed by atoms with Crippen molar-refractivity contribution in [3.05, 3.63) is 47.0 Å². The summed E-state index contributed by atoms with van der Waals surface area (Å²) in [6.07, 6.45) is 1.99. The van der Waals surface area contributed by atoms with Gasteiger partial charge in [-0.15, -0.1) is 0 Å². The van der Waals surface area contributed by atoms with E-state index in [4.69, 9.17) is 5.26 Å². The van der Waals surface area contributed by atoms with Crippen LogP contribution in [0.2, 0.25) is 0 Å². The fraction of sp³-hybridized carbons (Fsp3) is 0.412. The number of rotatable bonds is 3. The lowest BCUT2D eigenvalue weighted by Gasteiger charge is -2.19. The Hall–Kier alpha value is -2.35. The van der Waals surface area contributed by atoms with Crippen LogP contribution in [0.15, 0.2) is 24.4 Å². The molecule has 1 heterocycles. The molecule has 0 spiro atoms. The molecule has 22 heavy (non-hydrogen) atoms. The second-order valence-corrected chi connectivity index (χ2v) is 6.46. The Morgan fingerprint density at radius 3 is 2.55 bits per heavy atom. The lowest BCUT2D eigenvalue weighted by molar-refractivity contribution is 0.354. The standard InChI is InChI=1S/C17H21FN4/c1-11(14-10-22(17(3,4)5)21-12(14)2)20-16-7-6-13(9-19)8-15(16)18/h6-8,10-11,20H,1-5H3. The van der Waals surface area contributed by atoms with E-state index in [-0.39, 0.29) is 11.6 Å². The maximum atomic E-state index is 14.0. The number of nitrogens with zero attached hydrogens (tertiary/aromatic N) is 3. The highest BCUT2D eigenvalue weighted by molar-refractivity contribution is 5.50.